The number of carbonyl (C=O) groups is 2. The third-order valence-electron chi connectivity index (χ3n) is 7.64. The lowest BCUT2D eigenvalue weighted by molar-refractivity contribution is -0.148. The summed E-state index contributed by atoms with van der Waals surface area (Å²) in [5.74, 6) is 0.530. The number of hydrogen-bond donors (Lipinski definition) is 2. The zero-order valence-electron chi connectivity index (χ0n) is 27.8. The van der Waals surface area contributed by atoms with E-state index in [1.165, 1.54) is 36.9 Å². The van der Waals surface area contributed by atoms with Gasteiger partial charge in [0.2, 0.25) is 5.91 Å². The molecule has 4 aromatic rings. The summed E-state index contributed by atoms with van der Waals surface area (Å²) in [6, 6.07) is 17.7. The second-order valence-corrected chi connectivity index (χ2v) is 13.5. The Morgan fingerprint density at radius 2 is 1.65 bits per heavy atom. The maximum absolute atomic E-state index is 12.2. The van der Waals surface area contributed by atoms with Gasteiger partial charge in [-0.1, -0.05) is 47.6 Å². The molecule has 0 saturated carbocycles. The van der Waals surface area contributed by atoms with Crippen molar-refractivity contribution in [3.63, 3.8) is 0 Å². The summed E-state index contributed by atoms with van der Waals surface area (Å²) in [7, 11) is 0. The number of anilines is 1. The number of nitriles is 2. The van der Waals surface area contributed by atoms with Gasteiger partial charge in [0.1, 0.15) is 58.6 Å². The van der Waals surface area contributed by atoms with E-state index < -0.39 is 24.0 Å². The minimum Gasteiger partial charge on any atom is -0.490 e. The monoisotopic (exact) mass is 787 g/mol. The number of pyridine rings is 1. The average Bonchev–Trinajstić information content (AvgIpc) is 3.82. The highest BCUT2D eigenvalue weighted by Crippen LogP contribution is 2.40. The number of nitrogens with zero attached hydrogens (tertiary/aromatic N) is 5. The van der Waals surface area contributed by atoms with Crippen LogP contribution >= 0.6 is 59.5 Å². The molecular formula is C35H36Cl3N7O4S2. The number of esters is 1. The van der Waals surface area contributed by atoms with Gasteiger partial charge in [0.15, 0.2) is 0 Å². The number of thioether (sulfide) groups is 1. The van der Waals surface area contributed by atoms with Gasteiger partial charge in [-0.05, 0) is 56.5 Å². The van der Waals surface area contributed by atoms with Crippen LogP contribution in [0.2, 0.25) is 5.02 Å². The number of aromatic nitrogens is 2. The second-order valence-electron chi connectivity index (χ2n) is 11.3. The van der Waals surface area contributed by atoms with Gasteiger partial charge in [0, 0.05) is 40.4 Å². The summed E-state index contributed by atoms with van der Waals surface area (Å²) in [5, 5.41) is 27.4. The molecule has 51 heavy (non-hydrogen) atoms. The number of nitrogens with one attached hydrogen (secondary N) is 1. The Morgan fingerprint density at radius 3 is 2.27 bits per heavy atom. The number of ether oxygens (including phenoxy) is 2. The number of nitrogens with two attached hydrogens (primary N) is 1. The SMILES string of the molecule is C[C@H](N)C(=O)N[C@@H](C)C(=O)OCCOc1ccc(-c2c(C#N)c(SCc3csc(-c4ccc(Cl)cc4)n3)nc(N3CCCC3)c2C#N)cc1.Cl.Cl. The van der Waals surface area contributed by atoms with Gasteiger partial charge >= 0.3 is 5.97 Å². The summed E-state index contributed by atoms with van der Waals surface area (Å²) >= 11 is 9.00. The molecule has 0 unspecified atom stereocenters. The Balaban J connectivity index is 0.00000351. The molecule has 2 atom stereocenters. The first-order valence-electron chi connectivity index (χ1n) is 15.6. The van der Waals surface area contributed by atoms with Crippen molar-refractivity contribution in [2.24, 2.45) is 5.73 Å². The van der Waals surface area contributed by atoms with E-state index in [0.717, 1.165) is 42.2 Å². The van der Waals surface area contributed by atoms with E-state index in [1.807, 2.05) is 29.6 Å². The molecule has 0 aliphatic carbocycles. The quantitative estimate of drug-likeness (QED) is 0.0833. The number of thiazole rings is 1. The van der Waals surface area contributed by atoms with E-state index in [-0.39, 0.29) is 38.0 Å². The third kappa shape index (κ3) is 10.5. The van der Waals surface area contributed by atoms with E-state index in [4.69, 9.17) is 36.8 Å². The van der Waals surface area contributed by atoms with Crippen molar-refractivity contribution in [1.82, 2.24) is 15.3 Å². The molecule has 1 aliphatic heterocycles. The fourth-order valence-electron chi connectivity index (χ4n) is 5.10. The van der Waals surface area contributed by atoms with Crippen LogP contribution in [0.15, 0.2) is 58.9 Å². The highest BCUT2D eigenvalue weighted by atomic mass is 35.5. The molecule has 16 heteroatoms. The smallest absolute Gasteiger partial charge is 0.328 e. The molecule has 2 aromatic heterocycles. The first kappa shape index (κ1) is 41.3. The van der Waals surface area contributed by atoms with Gasteiger partial charge in [-0.15, -0.1) is 36.2 Å². The lowest BCUT2D eigenvalue weighted by Gasteiger charge is -2.22. The lowest BCUT2D eigenvalue weighted by Crippen LogP contribution is -2.46. The van der Waals surface area contributed by atoms with Crippen molar-refractivity contribution < 1.29 is 19.1 Å². The van der Waals surface area contributed by atoms with E-state index in [1.54, 1.807) is 24.3 Å². The van der Waals surface area contributed by atoms with Crippen LogP contribution in [-0.4, -0.2) is 60.2 Å². The molecule has 1 amide bonds. The van der Waals surface area contributed by atoms with Crippen molar-refractivity contribution >= 4 is 77.2 Å². The first-order valence-corrected chi connectivity index (χ1v) is 17.8. The second kappa shape index (κ2) is 19.5. The van der Waals surface area contributed by atoms with Crippen molar-refractivity contribution in [2.45, 2.75) is 49.6 Å². The van der Waals surface area contributed by atoms with Crippen molar-refractivity contribution in [3.05, 3.63) is 75.8 Å². The number of carbonyl (C=O) groups excluding carboxylic acids is 2. The Bertz CT molecular complexity index is 1890. The highest BCUT2D eigenvalue weighted by molar-refractivity contribution is 7.98. The van der Waals surface area contributed by atoms with Crippen molar-refractivity contribution in [1.29, 1.82) is 10.5 Å². The van der Waals surface area contributed by atoms with Crippen LogP contribution in [0, 0.1) is 22.7 Å². The largest absolute Gasteiger partial charge is 0.490 e. The summed E-state index contributed by atoms with van der Waals surface area (Å²) in [6.07, 6.45) is 2.00. The highest BCUT2D eigenvalue weighted by Gasteiger charge is 2.26. The van der Waals surface area contributed by atoms with E-state index in [2.05, 4.69) is 22.4 Å². The molecule has 3 heterocycles. The summed E-state index contributed by atoms with van der Waals surface area (Å²) in [4.78, 5) is 35.7. The molecule has 2 aromatic carbocycles. The molecule has 1 fully saturated rings. The summed E-state index contributed by atoms with van der Waals surface area (Å²) < 4.78 is 11.0. The number of hydrogen-bond acceptors (Lipinski definition) is 12. The Labute approximate surface area is 322 Å². The van der Waals surface area contributed by atoms with Gasteiger partial charge in [0.05, 0.1) is 17.3 Å². The summed E-state index contributed by atoms with van der Waals surface area (Å²) in [5.41, 5.74) is 9.23. The van der Waals surface area contributed by atoms with Crippen LogP contribution in [0.3, 0.4) is 0 Å². The van der Waals surface area contributed by atoms with Crippen LogP contribution in [0.1, 0.15) is 43.5 Å². The van der Waals surface area contributed by atoms with Crippen LogP contribution in [0.25, 0.3) is 21.7 Å². The van der Waals surface area contributed by atoms with Crippen LogP contribution < -0.4 is 20.7 Å². The molecule has 0 spiro atoms. The van der Waals surface area contributed by atoms with Crippen molar-refractivity contribution in [3.8, 4) is 39.6 Å². The Hall–Kier alpha value is -4.08. The number of amides is 1. The summed E-state index contributed by atoms with van der Waals surface area (Å²) in [6.45, 7) is 4.66. The number of halogens is 3. The van der Waals surface area contributed by atoms with Crippen LogP contribution in [0.5, 0.6) is 5.75 Å². The maximum Gasteiger partial charge on any atom is 0.328 e. The van der Waals surface area contributed by atoms with E-state index in [0.29, 0.717) is 49.6 Å². The van der Waals surface area contributed by atoms with Gasteiger partial charge in [-0.2, -0.15) is 10.5 Å². The predicted molar refractivity (Wildman–Crippen MR) is 205 cm³/mol. The number of rotatable bonds is 13. The average molecular weight is 789 g/mol. The Kier molecular flexibility index (Phi) is 15.8. The normalized spacial score (nSPS) is 13.1. The van der Waals surface area contributed by atoms with E-state index in [9.17, 15) is 20.1 Å². The van der Waals surface area contributed by atoms with Crippen molar-refractivity contribution in [2.75, 3.05) is 31.2 Å². The predicted octanol–water partition coefficient (Wildman–Crippen LogP) is 6.78. The zero-order valence-corrected chi connectivity index (χ0v) is 31.8. The standard InChI is InChI=1S/C35H34ClN7O4S2.2ClH/c1-21(39)32(44)40-22(2)35(45)47-16-15-46-27-11-7-23(8-12-27)30-28(17-37)31(43-13-3-4-14-43)42-34(29(30)18-38)49-20-26-19-48-33(41-26)24-5-9-25(36)10-6-24;;/h5-12,19,21-22H,3-4,13-16,20,39H2,1-2H3,(H,40,44);2*1H/t21-,22-;;/m0../s1. The van der Waals surface area contributed by atoms with Crippen LogP contribution in [0.4, 0.5) is 5.82 Å². The minimum absolute atomic E-state index is 0. The molecule has 1 aliphatic rings. The molecular weight excluding hydrogens is 753 g/mol. The topological polar surface area (TPSA) is 167 Å². The van der Waals surface area contributed by atoms with Gasteiger partial charge in [-0.25, -0.2) is 14.8 Å². The first-order chi connectivity index (χ1) is 23.7. The molecule has 268 valence electrons. The fourth-order valence-corrected chi connectivity index (χ4v) is 7.03. The van der Waals surface area contributed by atoms with Gasteiger partial charge in [0.25, 0.3) is 0 Å². The van der Waals surface area contributed by atoms with Gasteiger partial charge in [-0.3, -0.25) is 4.79 Å². The molecule has 0 bridgehead atoms. The molecule has 1 saturated heterocycles. The Morgan fingerprint density at radius 1 is 1.00 bits per heavy atom. The third-order valence-corrected chi connectivity index (χ3v) is 9.84. The van der Waals surface area contributed by atoms with Gasteiger partial charge < -0.3 is 25.4 Å². The van der Waals surface area contributed by atoms with Crippen LogP contribution in [-0.2, 0) is 20.1 Å². The lowest BCUT2D eigenvalue weighted by atomic mass is 9.96. The minimum atomic E-state index is -0.844. The number of benzene rings is 2. The molecule has 0 radical (unpaired) electrons. The maximum atomic E-state index is 12.2. The van der Waals surface area contributed by atoms with E-state index >= 15 is 0 Å². The molecule has 3 N–H and O–H groups in total. The molecule has 11 nitrogen and oxygen atoms in total. The zero-order chi connectivity index (χ0) is 34.9. The molecule has 5 rings (SSSR count). The fraction of sp³-hybridized carbons (Fsp3) is 0.314.